The maximum absolute atomic E-state index is 6.20. The van der Waals surface area contributed by atoms with Crippen molar-refractivity contribution in [2.45, 2.75) is 37.1 Å². The molecule has 0 amide bonds. The molecule has 31 heavy (non-hydrogen) atoms. The van der Waals surface area contributed by atoms with Crippen LogP contribution in [0.15, 0.2) is 76.7 Å². The summed E-state index contributed by atoms with van der Waals surface area (Å²) in [6, 6.07) is 22.9. The first kappa shape index (κ1) is 19.1. The Balaban J connectivity index is 0.00000185. The summed E-state index contributed by atoms with van der Waals surface area (Å²) in [5.74, 6) is 1.23. The van der Waals surface area contributed by atoms with Gasteiger partial charge >= 0.3 is 0 Å². The van der Waals surface area contributed by atoms with Crippen LogP contribution in [0, 0.1) is 0 Å². The van der Waals surface area contributed by atoms with Crippen LogP contribution >= 0.6 is 0 Å². The van der Waals surface area contributed by atoms with Crippen LogP contribution in [-0.4, -0.2) is 29.0 Å². The fourth-order valence-electron chi connectivity index (χ4n) is 5.12. The van der Waals surface area contributed by atoms with Crippen LogP contribution in [0.1, 0.15) is 45.7 Å². The second-order valence-corrected chi connectivity index (χ2v) is 8.28. The minimum absolute atomic E-state index is 0. The van der Waals surface area contributed by atoms with Crippen LogP contribution < -0.4 is 0 Å². The standard InChI is InChI=1S/C25H19N3O2.Sc/c1-3-8-16-14(6-1)12-20-22(16)27-24(29-20)18-10-5-11-19(26-18)25-28-23-17-9-4-2-7-15(17)13-21(23)30-25;/h1-11,20-23H,12-13H2;/t20-,21-,22+,23+;/m1./s1. The van der Waals surface area contributed by atoms with Crippen molar-refractivity contribution in [2.75, 3.05) is 0 Å². The van der Waals surface area contributed by atoms with E-state index in [2.05, 4.69) is 48.5 Å². The molecule has 3 heterocycles. The Bertz CT molecular complexity index is 1160. The zero-order chi connectivity index (χ0) is 19.7. The summed E-state index contributed by atoms with van der Waals surface area (Å²) in [6.07, 6.45) is 1.93. The van der Waals surface area contributed by atoms with Gasteiger partial charge < -0.3 is 9.47 Å². The molecule has 0 saturated carbocycles. The van der Waals surface area contributed by atoms with Gasteiger partial charge in [-0.25, -0.2) is 15.0 Å². The van der Waals surface area contributed by atoms with E-state index in [1.54, 1.807) is 0 Å². The molecular formula is C25H19N3O2Sc. The van der Waals surface area contributed by atoms with E-state index in [-0.39, 0.29) is 50.1 Å². The average Bonchev–Trinajstić information content (AvgIpc) is 3.52. The second kappa shape index (κ2) is 7.23. The molecule has 4 atom stereocenters. The molecule has 0 unspecified atom stereocenters. The summed E-state index contributed by atoms with van der Waals surface area (Å²) in [5.41, 5.74) is 6.67. The zero-order valence-electron chi connectivity index (χ0n) is 16.8. The molecule has 0 N–H and O–H groups in total. The zero-order valence-corrected chi connectivity index (χ0v) is 18.6. The number of ether oxygens (including phenoxy) is 2. The Morgan fingerprint density at radius 2 is 1.10 bits per heavy atom. The van der Waals surface area contributed by atoms with Crippen LogP contribution in [0.5, 0.6) is 0 Å². The molecule has 0 saturated heterocycles. The number of aromatic nitrogens is 1. The van der Waals surface area contributed by atoms with E-state index < -0.39 is 0 Å². The van der Waals surface area contributed by atoms with Gasteiger partial charge in [0.1, 0.15) is 35.7 Å². The van der Waals surface area contributed by atoms with Crippen molar-refractivity contribution in [2.24, 2.45) is 9.98 Å². The SMILES string of the molecule is [Sc].c1cc(C2=N[C@H]3c4ccccc4C[C@H]3O2)nc(C2=N[C@H]3c4ccccc4C[C@H]3O2)c1. The van der Waals surface area contributed by atoms with Crippen LogP contribution in [0.4, 0.5) is 0 Å². The van der Waals surface area contributed by atoms with Gasteiger partial charge in [0.05, 0.1) is 0 Å². The number of fused-ring (bicyclic) bond motifs is 6. The third kappa shape index (κ3) is 2.95. The third-order valence-electron chi connectivity index (χ3n) is 6.52. The summed E-state index contributed by atoms with van der Waals surface area (Å²) in [5, 5.41) is 0. The third-order valence-corrected chi connectivity index (χ3v) is 6.52. The Labute approximate surface area is 199 Å². The number of benzene rings is 2. The van der Waals surface area contributed by atoms with Crippen molar-refractivity contribution in [1.29, 1.82) is 0 Å². The van der Waals surface area contributed by atoms with Gasteiger partial charge in [-0.2, -0.15) is 0 Å². The molecule has 1 radical (unpaired) electrons. The van der Waals surface area contributed by atoms with E-state index >= 15 is 0 Å². The minimum Gasteiger partial charge on any atom is -0.470 e. The van der Waals surface area contributed by atoms with E-state index in [1.807, 2.05) is 18.2 Å². The maximum Gasteiger partial charge on any atom is 0.236 e. The largest absolute Gasteiger partial charge is 0.470 e. The van der Waals surface area contributed by atoms with Gasteiger partial charge in [-0.1, -0.05) is 54.6 Å². The van der Waals surface area contributed by atoms with Crippen molar-refractivity contribution in [3.8, 4) is 0 Å². The molecule has 0 fully saturated rings. The van der Waals surface area contributed by atoms with Gasteiger partial charge in [0.25, 0.3) is 0 Å². The number of hydrogen-bond acceptors (Lipinski definition) is 5. The fraction of sp³-hybridized carbons (Fsp3) is 0.240. The molecule has 3 aromatic rings. The number of aliphatic imine (C=N–C) groups is 2. The van der Waals surface area contributed by atoms with Crippen LogP contribution in [0.2, 0.25) is 0 Å². The average molecular weight is 438 g/mol. The normalized spacial score (nSPS) is 26.5. The van der Waals surface area contributed by atoms with E-state index in [4.69, 9.17) is 24.4 Å². The molecule has 2 aromatic carbocycles. The van der Waals surface area contributed by atoms with Crippen molar-refractivity contribution < 1.29 is 35.3 Å². The van der Waals surface area contributed by atoms with Crippen LogP contribution in [0.25, 0.3) is 0 Å². The quantitative estimate of drug-likeness (QED) is 0.609. The Kier molecular flexibility index (Phi) is 4.46. The first-order chi connectivity index (χ1) is 14.8. The molecule has 2 aliphatic heterocycles. The van der Waals surface area contributed by atoms with Crippen molar-refractivity contribution >= 4 is 11.8 Å². The Morgan fingerprint density at radius 3 is 1.61 bits per heavy atom. The first-order valence-corrected chi connectivity index (χ1v) is 10.5. The monoisotopic (exact) mass is 438 g/mol. The van der Waals surface area contributed by atoms with Gasteiger partial charge in [0.2, 0.25) is 11.8 Å². The molecule has 7 rings (SSSR count). The topological polar surface area (TPSA) is 56.1 Å². The smallest absolute Gasteiger partial charge is 0.236 e. The number of rotatable bonds is 2. The number of nitrogens with zero attached hydrogens (tertiary/aromatic N) is 3. The molecule has 5 nitrogen and oxygen atoms in total. The number of pyridine rings is 1. The molecule has 149 valence electrons. The Morgan fingerprint density at radius 1 is 0.613 bits per heavy atom. The molecule has 0 bridgehead atoms. The molecule has 1 aromatic heterocycles. The predicted octanol–water partition coefficient (Wildman–Crippen LogP) is 3.96. The summed E-state index contributed by atoms with van der Waals surface area (Å²) < 4.78 is 12.4. The van der Waals surface area contributed by atoms with Crippen LogP contribution in [0.3, 0.4) is 0 Å². The van der Waals surface area contributed by atoms with E-state index in [0.717, 1.165) is 24.2 Å². The van der Waals surface area contributed by atoms with Crippen molar-refractivity contribution in [3.63, 3.8) is 0 Å². The maximum atomic E-state index is 6.20. The van der Waals surface area contributed by atoms with Gasteiger partial charge in [-0.15, -0.1) is 0 Å². The van der Waals surface area contributed by atoms with Gasteiger partial charge in [0.15, 0.2) is 0 Å². The summed E-state index contributed by atoms with van der Waals surface area (Å²) in [6.45, 7) is 0. The molecule has 4 aliphatic rings. The van der Waals surface area contributed by atoms with Gasteiger partial charge in [0, 0.05) is 38.7 Å². The molecule has 2 aliphatic carbocycles. The molecular weight excluding hydrogens is 419 g/mol. The molecule has 6 heteroatoms. The summed E-state index contributed by atoms with van der Waals surface area (Å²) in [7, 11) is 0. The summed E-state index contributed by atoms with van der Waals surface area (Å²) in [4.78, 5) is 14.5. The van der Waals surface area contributed by atoms with E-state index in [9.17, 15) is 0 Å². The van der Waals surface area contributed by atoms with E-state index in [0.29, 0.717) is 11.8 Å². The predicted molar refractivity (Wildman–Crippen MR) is 113 cm³/mol. The first-order valence-electron chi connectivity index (χ1n) is 10.5. The summed E-state index contributed by atoms with van der Waals surface area (Å²) >= 11 is 0. The van der Waals surface area contributed by atoms with Gasteiger partial charge in [-0.3, -0.25) is 0 Å². The van der Waals surface area contributed by atoms with Crippen molar-refractivity contribution in [1.82, 2.24) is 4.98 Å². The van der Waals surface area contributed by atoms with Gasteiger partial charge in [-0.05, 0) is 34.4 Å². The molecule has 0 spiro atoms. The van der Waals surface area contributed by atoms with Crippen LogP contribution in [-0.2, 0) is 48.2 Å². The van der Waals surface area contributed by atoms with E-state index in [1.165, 1.54) is 22.3 Å². The second-order valence-electron chi connectivity index (χ2n) is 8.28. The Hall–Kier alpha value is -2.60. The fourth-order valence-corrected chi connectivity index (χ4v) is 5.12. The van der Waals surface area contributed by atoms with Crippen molar-refractivity contribution in [3.05, 3.63) is 100 Å². The number of hydrogen-bond donors (Lipinski definition) is 0. The minimum atomic E-state index is 0.